The number of carbonyl (C=O) groups excluding carboxylic acids is 1. The lowest BCUT2D eigenvalue weighted by Gasteiger charge is -2.05. The topological polar surface area (TPSA) is 98.2 Å². The van der Waals surface area contributed by atoms with E-state index in [9.17, 15) is 13.2 Å². The molecule has 0 aliphatic rings. The van der Waals surface area contributed by atoms with Crippen molar-refractivity contribution in [2.45, 2.75) is 17.6 Å². The van der Waals surface area contributed by atoms with E-state index < -0.39 is 16.0 Å². The van der Waals surface area contributed by atoms with Crippen molar-refractivity contribution in [1.82, 2.24) is 14.7 Å². The maximum absolute atomic E-state index is 12.2. The van der Waals surface area contributed by atoms with Crippen LogP contribution in [0.1, 0.15) is 21.2 Å². The lowest BCUT2D eigenvalue weighted by Crippen LogP contribution is -2.27. The van der Waals surface area contributed by atoms with Crippen LogP contribution in [-0.2, 0) is 21.2 Å². The van der Waals surface area contributed by atoms with Crippen LogP contribution in [0.3, 0.4) is 0 Å². The zero-order chi connectivity index (χ0) is 15.5. The van der Waals surface area contributed by atoms with Crippen LogP contribution in [-0.4, -0.2) is 38.0 Å². The molecule has 0 saturated carbocycles. The highest BCUT2D eigenvalue weighted by Gasteiger charge is 2.26. The summed E-state index contributed by atoms with van der Waals surface area (Å²) < 4.78 is 31.1. The number of aryl methyl sites for hydroxylation is 1. The number of carbonyl (C=O) groups is 1. The number of rotatable bonds is 6. The SMILES string of the molecule is COC(=O)c1ncsc1S(=O)(=O)NCCc1csc(C)n1. The van der Waals surface area contributed by atoms with E-state index in [2.05, 4.69) is 19.4 Å². The summed E-state index contributed by atoms with van der Waals surface area (Å²) in [5, 5.41) is 2.82. The van der Waals surface area contributed by atoms with Gasteiger partial charge in [-0.2, -0.15) is 0 Å². The predicted octanol–water partition coefficient (Wildman–Crippen LogP) is 1.22. The van der Waals surface area contributed by atoms with Crippen molar-refractivity contribution in [1.29, 1.82) is 0 Å². The second-order valence-electron chi connectivity index (χ2n) is 3.99. The van der Waals surface area contributed by atoms with Gasteiger partial charge in [0.2, 0.25) is 0 Å². The summed E-state index contributed by atoms with van der Waals surface area (Å²) in [7, 11) is -2.61. The molecule has 1 N–H and O–H groups in total. The Hall–Kier alpha value is -1.36. The van der Waals surface area contributed by atoms with Gasteiger partial charge >= 0.3 is 5.97 Å². The average molecular weight is 347 g/mol. The molecule has 0 spiro atoms. The zero-order valence-corrected chi connectivity index (χ0v) is 13.8. The van der Waals surface area contributed by atoms with Crippen LogP contribution >= 0.6 is 22.7 Å². The lowest BCUT2D eigenvalue weighted by molar-refractivity contribution is 0.0590. The molecule has 2 heterocycles. The molecule has 7 nitrogen and oxygen atoms in total. The van der Waals surface area contributed by atoms with Crippen molar-refractivity contribution in [3.63, 3.8) is 0 Å². The minimum atomic E-state index is -3.79. The monoisotopic (exact) mass is 347 g/mol. The largest absolute Gasteiger partial charge is 0.464 e. The highest BCUT2D eigenvalue weighted by Crippen LogP contribution is 2.20. The van der Waals surface area contributed by atoms with Gasteiger partial charge in [-0.05, 0) is 6.92 Å². The third kappa shape index (κ3) is 3.84. The van der Waals surface area contributed by atoms with E-state index in [0.29, 0.717) is 6.42 Å². The molecule has 0 atom stereocenters. The Bertz CT molecular complexity index is 735. The molecule has 0 unspecified atom stereocenters. The van der Waals surface area contributed by atoms with Gasteiger partial charge in [-0.25, -0.2) is 27.9 Å². The molecular formula is C11H13N3O4S3. The first kappa shape index (κ1) is 16.0. The minimum absolute atomic E-state index is 0.135. The molecular weight excluding hydrogens is 334 g/mol. The Morgan fingerprint density at radius 3 is 2.81 bits per heavy atom. The highest BCUT2D eigenvalue weighted by atomic mass is 32.2. The van der Waals surface area contributed by atoms with E-state index in [1.165, 1.54) is 24.0 Å². The summed E-state index contributed by atoms with van der Waals surface area (Å²) in [5.41, 5.74) is 1.93. The van der Waals surface area contributed by atoms with Gasteiger partial charge in [-0.1, -0.05) is 0 Å². The summed E-state index contributed by atoms with van der Waals surface area (Å²) in [6, 6.07) is 0. The molecule has 0 bridgehead atoms. The number of esters is 1. The van der Waals surface area contributed by atoms with E-state index in [4.69, 9.17) is 0 Å². The number of thiazole rings is 2. The lowest BCUT2D eigenvalue weighted by atomic mass is 10.3. The van der Waals surface area contributed by atoms with Gasteiger partial charge in [0.05, 0.1) is 23.3 Å². The normalized spacial score (nSPS) is 11.5. The fourth-order valence-corrected chi connectivity index (χ4v) is 4.41. The molecule has 0 aromatic carbocycles. The second kappa shape index (κ2) is 6.60. The number of ether oxygens (including phenoxy) is 1. The molecule has 0 fully saturated rings. The Kier molecular flexibility index (Phi) is 5.04. The molecule has 0 aliphatic heterocycles. The fraction of sp³-hybridized carbons (Fsp3) is 0.364. The number of sulfonamides is 1. The Balaban J connectivity index is 2.05. The Morgan fingerprint density at radius 2 is 2.19 bits per heavy atom. The first-order valence-electron chi connectivity index (χ1n) is 5.86. The second-order valence-corrected chi connectivity index (χ2v) is 7.86. The molecule has 21 heavy (non-hydrogen) atoms. The number of hydrogen-bond acceptors (Lipinski definition) is 8. The molecule has 2 aromatic heterocycles. The fourth-order valence-electron chi connectivity index (χ4n) is 1.56. The van der Waals surface area contributed by atoms with E-state index in [0.717, 1.165) is 22.0 Å². The van der Waals surface area contributed by atoms with E-state index in [1.54, 1.807) is 0 Å². The van der Waals surface area contributed by atoms with Crippen LogP contribution in [0.2, 0.25) is 0 Å². The van der Waals surface area contributed by atoms with Crippen LogP contribution in [0.15, 0.2) is 15.1 Å². The van der Waals surface area contributed by atoms with Crippen LogP contribution in [0, 0.1) is 6.92 Å². The summed E-state index contributed by atoms with van der Waals surface area (Å²) >= 11 is 2.39. The smallest absolute Gasteiger partial charge is 0.358 e. The predicted molar refractivity (Wildman–Crippen MR) is 79.2 cm³/mol. The Labute approximate surface area is 130 Å². The maximum Gasteiger partial charge on any atom is 0.358 e. The number of methoxy groups -OCH3 is 1. The van der Waals surface area contributed by atoms with Crippen LogP contribution < -0.4 is 4.72 Å². The summed E-state index contributed by atoms with van der Waals surface area (Å²) in [5.74, 6) is -0.772. The third-order valence-electron chi connectivity index (χ3n) is 2.50. The van der Waals surface area contributed by atoms with Crippen molar-refractivity contribution >= 4 is 38.7 Å². The molecule has 2 rings (SSSR count). The highest BCUT2D eigenvalue weighted by molar-refractivity contribution is 7.91. The van der Waals surface area contributed by atoms with Gasteiger partial charge in [0, 0.05) is 18.3 Å². The van der Waals surface area contributed by atoms with E-state index in [-0.39, 0.29) is 16.4 Å². The zero-order valence-electron chi connectivity index (χ0n) is 11.3. The summed E-state index contributed by atoms with van der Waals surface area (Å²) in [6.07, 6.45) is 0.482. The van der Waals surface area contributed by atoms with Crippen LogP contribution in [0.25, 0.3) is 0 Å². The van der Waals surface area contributed by atoms with Gasteiger partial charge in [-0.3, -0.25) is 0 Å². The van der Waals surface area contributed by atoms with Crippen molar-refractivity contribution < 1.29 is 17.9 Å². The summed E-state index contributed by atoms with van der Waals surface area (Å²) in [6.45, 7) is 2.09. The third-order valence-corrected chi connectivity index (χ3v) is 6.15. The van der Waals surface area contributed by atoms with Crippen molar-refractivity contribution in [3.8, 4) is 0 Å². The number of hydrogen-bond donors (Lipinski definition) is 1. The van der Waals surface area contributed by atoms with E-state index >= 15 is 0 Å². The first-order chi connectivity index (χ1) is 9.94. The first-order valence-corrected chi connectivity index (χ1v) is 9.11. The maximum atomic E-state index is 12.2. The van der Waals surface area contributed by atoms with Gasteiger partial charge in [0.25, 0.3) is 10.0 Å². The van der Waals surface area contributed by atoms with Gasteiger partial charge in [-0.15, -0.1) is 22.7 Å². The molecule has 2 aromatic rings. The number of aromatic nitrogens is 2. The van der Waals surface area contributed by atoms with Gasteiger partial charge in [0.15, 0.2) is 9.90 Å². The van der Waals surface area contributed by atoms with Gasteiger partial charge < -0.3 is 4.74 Å². The van der Waals surface area contributed by atoms with Crippen molar-refractivity contribution in [2.75, 3.05) is 13.7 Å². The molecule has 0 aliphatic carbocycles. The quantitative estimate of drug-likeness (QED) is 0.789. The van der Waals surface area contributed by atoms with Crippen molar-refractivity contribution in [2.24, 2.45) is 0 Å². The van der Waals surface area contributed by atoms with Crippen LogP contribution in [0.5, 0.6) is 0 Å². The Morgan fingerprint density at radius 1 is 1.43 bits per heavy atom. The number of nitrogens with zero attached hydrogens (tertiary/aromatic N) is 2. The average Bonchev–Trinajstić information content (AvgIpc) is 3.07. The standard InChI is InChI=1S/C11H13N3O4S3/c1-7-14-8(5-19-7)3-4-13-21(16,17)11-9(10(15)18-2)12-6-20-11/h5-6,13H,3-4H2,1-2H3. The van der Waals surface area contributed by atoms with Crippen molar-refractivity contribution in [3.05, 3.63) is 27.3 Å². The molecule has 10 heteroatoms. The summed E-state index contributed by atoms with van der Waals surface area (Å²) in [4.78, 5) is 19.4. The minimum Gasteiger partial charge on any atom is -0.464 e. The molecule has 0 saturated heterocycles. The number of nitrogens with one attached hydrogen (secondary N) is 1. The van der Waals surface area contributed by atoms with Crippen LogP contribution in [0.4, 0.5) is 0 Å². The molecule has 0 radical (unpaired) electrons. The van der Waals surface area contributed by atoms with E-state index in [1.807, 2.05) is 12.3 Å². The molecule has 114 valence electrons. The van der Waals surface area contributed by atoms with Gasteiger partial charge in [0.1, 0.15) is 0 Å². The molecule has 0 amide bonds.